The molecule has 1 amide bonds. The number of carbonyl (C=O) groups is 2. The van der Waals surface area contributed by atoms with Crippen LogP contribution in [0.5, 0.6) is 11.5 Å². The fourth-order valence-corrected chi connectivity index (χ4v) is 3.94. The van der Waals surface area contributed by atoms with Gasteiger partial charge in [-0.15, -0.1) is 0 Å². The second kappa shape index (κ2) is 7.19. The third-order valence-corrected chi connectivity index (χ3v) is 5.58. The van der Waals surface area contributed by atoms with Crippen molar-refractivity contribution in [1.82, 2.24) is 10.5 Å². The predicted octanol–water partition coefficient (Wildman–Crippen LogP) is 3.07. The van der Waals surface area contributed by atoms with Gasteiger partial charge in [-0.1, -0.05) is 11.2 Å². The highest BCUT2D eigenvalue weighted by Gasteiger charge is 2.47. The zero-order valence-electron chi connectivity index (χ0n) is 17.6. The third-order valence-electron chi connectivity index (χ3n) is 5.58. The van der Waals surface area contributed by atoms with Crippen LogP contribution < -0.4 is 14.8 Å². The van der Waals surface area contributed by atoms with E-state index in [4.69, 9.17) is 18.7 Å². The molecule has 4 rings (SSSR count). The van der Waals surface area contributed by atoms with Crippen LogP contribution in [0.1, 0.15) is 48.8 Å². The van der Waals surface area contributed by atoms with Crippen molar-refractivity contribution in [1.29, 1.82) is 0 Å². The van der Waals surface area contributed by atoms with Crippen LogP contribution in [0.4, 0.5) is 0 Å². The molecule has 30 heavy (non-hydrogen) atoms. The Hall–Kier alpha value is -3.29. The van der Waals surface area contributed by atoms with Crippen LogP contribution >= 0.6 is 0 Å². The molecule has 0 saturated heterocycles. The van der Waals surface area contributed by atoms with E-state index in [1.54, 1.807) is 33.1 Å². The summed E-state index contributed by atoms with van der Waals surface area (Å²) in [5, 5.41) is 6.74. The molecule has 0 spiro atoms. The number of esters is 1. The topological polar surface area (TPSA) is 99.9 Å². The van der Waals surface area contributed by atoms with E-state index in [1.807, 2.05) is 19.9 Å². The van der Waals surface area contributed by atoms with Gasteiger partial charge >= 0.3 is 5.97 Å². The third kappa shape index (κ3) is 3.32. The Morgan fingerprint density at radius 1 is 1.23 bits per heavy atom. The Bertz CT molecular complexity index is 1050. The number of ether oxygens (including phenoxy) is 3. The predicted molar refractivity (Wildman–Crippen MR) is 106 cm³/mol. The summed E-state index contributed by atoms with van der Waals surface area (Å²) in [6, 6.07) is 5.43. The van der Waals surface area contributed by atoms with Gasteiger partial charge in [0.15, 0.2) is 11.5 Å². The van der Waals surface area contributed by atoms with Crippen molar-refractivity contribution in [3.8, 4) is 11.5 Å². The summed E-state index contributed by atoms with van der Waals surface area (Å²) in [5.41, 5.74) is 2.61. The van der Waals surface area contributed by atoms with Gasteiger partial charge in [0.2, 0.25) is 5.91 Å². The summed E-state index contributed by atoms with van der Waals surface area (Å²) in [5.74, 6) is 0.801. The summed E-state index contributed by atoms with van der Waals surface area (Å²) in [4.78, 5) is 24.9. The molecule has 0 radical (unpaired) electrons. The van der Waals surface area contributed by atoms with Crippen LogP contribution in [0, 0.1) is 13.8 Å². The molecular formula is C22H24N2O6. The number of aryl methyl sites for hydroxylation is 2. The number of carbonyl (C=O) groups excluding carboxylic acids is 2. The van der Waals surface area contributed by atoms with Crippen LogP contribution in [0.3, 0.4) is 0 Å². The van der Waals surface area contributed by atoms with Crippen molar-refractivity contribution in [2.24, 2.45) is 0 Å². The zero-order valence-corrected chi connectivity index (χ0v) is 17.6. The monoisotopic (exact) mass is 412 g/mol. The van der Waals surface area contributed by atoms with E-state index < -0.39 is 17.5 Å². The van der Waals surface area contributed by atoms with Gasteiger partial charge in [-0.2, -0.15) is 0 Å². The maximum Gasteiger partial charge on any atom is 0.337 e. The molecule has 2 aliphatic rings. The maximum absolute atomic E-state index is 12.5. The summed E-state index contributed by atoms with van der Waals surface area (Å²) in [7, 11) is 1.55. The maximum atomic E-state index is 12.5. The molecule has 3 heterocycles. The first-order valence-corrected chi connectivity index (χ1v) is 9.71. The number of methoxy groups -OCH3 is 1. The average molecular weight is 412 g/mol. The van der Waals surface area contributed by atoms with E-state index in [1.165, 1.54) is 0 Å². The molecule has 0 fully saturated rings. The van der Waals surface area contributed by atoms with Crippen molar-refractivity contribution in [2.45, 2.75) is 52.2 Å². The van der Waals surface area contributed by atoms with Crippen molar-refractivity contribution in [3.63, 3.8) is 0 Å². The second-order valence-electron chi connectivity index (χ2n) is 8.00. The minimum Gasteiger partial charge on any atom is -0.493 e. The molecule has 1 atom stereocenters. The van der Waals surface area contributed by atoms with Gasteiger partial charge in [-0.3, -0.25) is 4.79 Å². The van der Waals surface area contributed by atoms with Gasteiger partial charge in [0.25, 0.3) is 0 Å². The second-order valence-corrected chi connectivity index (χ2v) is 8.00. The summed E-state index contributed by atoms with van der Waals surface area (Å²) in [6.45, 7) is 7.51. The van der Waals surface area contributed by atoms with Gasteiger partial charge < -0.3 is 24.1 Å². The fourth-order valence-electron chi connectivity index (χ4n) is 3.94. The quantitative estimate of drug-likeness (QED) is 0.754. The minimum absolute atomic E-state index is 0.150. The van der Waals surface area contributed by atoms with Crippen LogP contribution in [0.25, 0.3) is 0 Å². The summed E-state index contributed by atoms with van der Waals surface area (Å²) in [6.07, 6.45) is 0.159. The van der Waals surface area contributed by atoms with E-state index in [0.717, 1.165) is 16.8 Å². The number of amides is 1. The highest BCUT2D eigenvalue weighted by molar-refractivity contribution is 5.99. The zero-order chi connectivity index (χ0) is 21.6. The molecule has 1 unspecified atom stereocenters. The average Bonchev–Trinajstić information content (AvgIpc) is 3.14. The number of nitrogens with one attached hydrogen (secondary N) is 1. The largest absolute Gasteiger partial charge is 0.493 e. The van der Waals surface area contributed by atoms with E-state index >= 15 is 0 Å². The summed E-state index contributed by atoms with van der Waals surface area (Å²) >= 11 is 0. The highest BCUT2D eigenvalue weighted by atomic mass is 16.6. The number of hydrogen-bond donors (Lipinski definition) is 1. The van der Waals surface area contributed by atoms with Crippen LogP contribution in [-0.4, -0.2) is 29.7 Å². The van der Waals surface area contributed by atoms with Gasteiger partial charge in [0.05, 0.1) is 29.6 Å². The standard InChI is InChI=1S/C22H24N2O6/c1-11-15(12(2)30-24-11)10-28-16-7-6-13(8-17(16)27-5)14-9-18(25)23-20-19(14)21(26)29-22(20,3)4/h6-8,14H,9-10H2,1-5H3,(H,23,25). The molecule has 158 valence electrons. The van der Waals surface area contributed by atoms with Crippen LogP contribution in [0.15, 0.2) is 34.0 Å². The molecular weight excluding hydrogens is 388 g/mol. The SMILES string of the molecule is COc1cc(C2CC(=O)NC3=C2C(=O)OC3(C)C)ccc1OCc1c(C)noc1C. The first-order valence-electron chi connectivity index (χ1n) is 9.71. The molecule has 1 N–H and O–H groups in total. The Morgan fingerprint density at radius 3 is 2.67 bits per heavy atom. The van der Waals surface area contributed by atoms with Gasteiger partial charge in [-0.25, -0.2) is 4.79 Å². The lowest BCUT2D eigenvalue weighted by Gasteiger charge is -2.27. The first kappa shape index (κ1) is 20.0. The van der Waals surface area contributed by atoms with Crippen LogP contribution in [-0.2, 0) is 20.9 Å². The molecule has 8 heteroatoms. The number of cyclic esters (lactones) is 1. The Morgan fingerprint density at radius 2 is 2.00 bits per heavy atom. The Labute approximate surface area is 174 Å². The Balaban J connectivity index is 1.65. The minimum atomic E-state index is -0.859. The Kier molecular flexibility index (Phi) is 4.80. The molecule has 2 aliphatic heterocycles. The van der Waals surface area contributed by atoms with Gasteiger partial charge in [0, 0.05) is 12.3 Å². The fraction of sp³-hybridized carbons (Fsp3) is 0.409. The molecule has 1 aromatic carbocycles. The van der Waals surface area contributed by atoms with Crippen molar-refractivity contribution < 1.29 is 28.3 Å². The molecule has 8 nitrogen and oxygen atoms in total. The normalized spacial score (nSPS) is 20.0. The molecule has 2 aromatic rings. The lowest BCUT2D eigenvalue weighted by Crippen LogP contribution is -2.38. The lowest BCUT2D eigenvalue weighted by atomic mass is 9.82. The van der Waals surface area contributed by atoms with Crippen molar-refractivity contribution in [2.75, 3.05) is 7.11 Å². The van der Waals surface area contributed by atoms with E-state index in [-0.39, 0.29) is 12.3 Å². The van der Waals surface area contributed by atoms with Gasteiger partial charge in [-0.05, 0) is 45.4 Å². The smallest absolute Gasteiger partial charge is 0.337 e. The molecule has 0 saturated carbocycles. The van der Waals surface area contributed by atoms with Crippen molar-refractivity contribution >= 4 is 11.9 Å². The van der Waals surface area contributed by atoms with E-state index in [9.17, 15) is 9.59 Å². The van der Waals surface area contributed by atoms with E-state index in [0.29, 0.717) is 35.1 Å². The molecule has 1 aromatic heterocycles. The lowest BCUT2D eigenvalue weighted by molar-refractivity contribution is -0.144. The number of benzene rings is 1. The van der Waals surface area contributed by atoms with Gasteiger partial charge in [0.1, 0.15) is 18.0 Å². The number of hydrogen-bond acceptors (Lipinski definition) is 7. The number of aromatic nitrogens is 1. The van der Waals surface area contributed by atoms with Crippen LogP contribution in [0.2, 0.25) is 0 Å². The number of nitrogens with zero attached hydrogens (tertiary/aromatic N) is 1. The molecule has 0 bridgehead atoms. The number of rotatable bonds is 5. The van der Waals surface area contributed by atoms with Crippen molar-refractivity contribution in [3.05, 3.63) is 52.1 Å². The first-order chi connectivity index (χ1) is 14.2. The van der Waals surface area contributed by atoms with E-state index in [2.05, 4.69) is 10.5 Å². The molecule has 0 aliphatic carbocycles. The summed E-state index contributed by atoms with van der Waals surface area (Å²) < 4.78 is 22.1. The highest BCUT2D eigenvalue weighted by Crippen LogP contribution is 2.44.